The summed E-state index contributed by atoms with van der Waals surface area (Å²) in [6.45, 7) is 5.29. The van der Waals surface area contributed by atoms with Crippen LogP contribution in [0.4, 0.5) is 0 Å². The van der Waals surface area contributed by atoms with Crippen LogP contribution in [0.5, 0.6) is 0 Å². The highest BCUT2D eigenvalue weighted by atomic mass is 79.9. The van der Waals surface area contributed by atoms with Gasteiger partial charge in [-0.3, -0.25) is 0 Å². The molecular formula is C33H31BrN2. The quantitative estimate of drug-likeness (QED) is 0.201. The van der Waals surface area contributed by atoms with E-state index in [1.807, 2.05) is 24.3 Å². The van der Waals surface area contributed by atoms with Gasteiger partial charge in [-0.2, -0.15) is 5.26 Å². The van der Waals surface area contributed by atoms with Gasteiger partial charge in [0.05, 0.1) is 11.6 Å². The van der Waals surface area contributed by atoms with Gasteiger partial charge in [0.25, 0.3) is 0 Å². The molecule has 0 fully saturated rings. The second kappa shape index (κ2) is 11.9. The van der Waals surface area contributed by atoms with Crippen LogP contribution in [0.15, 0.2) is 126 Å². The van der Waals surface area contributed by atoms with Gasteiger partial charge in [-0.1, -0.05) is 133 Å². The van der Waals surface area contributed by atoms with Crippen LogP contribution in [0.3, 0.4) is 0 Å². The van der Waals surface area contributed by atoms with Crippen LogP contribution in [-0.2, 0) is 5.54 Å². The summed E-state index contributed by atoms with van der Waals surface area (Å²) in [5, 5.41) is 9.19. The number of allylic oxidation sites excluding steroid dienone is 1. The number of nitriles is 1. The van der Waals surface area contributed by atoms with Crippen molar-refractivity contribution in [1.82, 2.24) is 4.90 Å². The molecule has 0 saturated carbocycles. The molecule has 0 N–H and O–H groups in total. The molecule has 2 nitrogen and oxygen atoms in total. The van der Waals surface area contributed by atoms with Crippen molar-refractivity contribution < 1.29 is 0 Å². The van der Waals surface area contributed by atoms with E-state index in [1.54, 1.807) is 0 Å². The topological polar surface area (TPSA) is 27.0 Å². The van der Waals surface area contributed by atoms with E-state index in [1.165, 1.54) is 22.3 Å². The summed E-state index contributed by atoms with van der Waals surface area (Å²) in [5.74, 6) is 0.136. The van der Waals surface area contributed by atoms with E-state index in [0.717, 1.165) is 17.4 Å². The van der Waals surface area contributed by atoms with Crippen LogP contribution in [-0.4, -0.2) is 11.4 Å². The van der Waals surface area contributed by atoms with Crippen LogP contribution in [0.25, 0.3) is 0 Å². The third-order valence-corrected chi connectivity index (χ3v) is 7.59. The van der Waals surface area contributed by atoms with Gasteiger partial charge in [0.15, 0.2) is 0 Å². The maximum atomic E-state index is 9.19. The van der Waals surface area contributed by atoms with Crippen molar-refractivity contribution in [3.63, 3.8) is 0 Å². The fourth-order valence-electron chi connectivity index (χ4n) is 4.87. The first-order valence-electron chi connectivity index (χ1n) is 12.4. The largest absolute Gasteiger partial charge is 0.359 e. The van der Waals surface area contributed by atoms with Gasteiger partial charge in [0, 0.05) is 23.1 Å². The second-order valence-corrected chi connectivity index (χ2v) is 9.89. The molecule has 0 saturated heterocycles. The molecule has 4 rings (SSSR count). The Labute approximate surface area is 223 Å². The molecule has 0 amide bonds. The standard InChI is InChI=1S/C33H31BrN2/c1-3-23-36(25-32(34)26(2)28-21-19-27(24-35)20-22-28)33(29-13-7-4-8-14-29,30-15-9-5-10-16-30)31-17-11-6-12-18-31/h4-22,25-26H,3,23H2,1-2H3/b32-25+. The molecule has 4 aromatic carbocycles. The van der Waals surface area contributed by atoms with E-state index in [2.05, 4.69) is 138 Å². The van der Waals surface area contributed by atoms with Gasteiger partial charge in [0.1, 0.15) is 5.54 Å². The highest BCUT2D eigenvalue weighted by molar-refractivity contribution is 9.11. The maximum absolute atomic E-state index is 9.19. The Morgan fingerprint density at radius 2 is 1.25 bits per heavy atom. The Kier molecular flexibility index (Phi) is 8.41. The number of hydrogen-bond donors (Lipinski definition) is 0. The van der Waals surface area contributed by atoms with Crippen molar-refractivity contribution in [3.05, 3.63) is 154 Å². The Balaban J connectivity index is 1.93. The number of hydrogen-bond acceptors (Lipinski definition) is 2. The fourth-order valence-corrected chi connectivity index (χ4v) is 5.38. The molecule has 1 unspecified atom stereocenters. The first-order valence-corrected chi connectivity index (χ1v) is 13.2. The summed E-state index contributed by atoms with van der Waals surface area (Å²) in [5.41, 5.74) is 4.99. The molecule has 0 radical (unpaired) electrons. The SMILES string of the molecule is CCCN(/C=C(/Br)C(C)c1ccc(C#N)cc1)C(c1ccccc1)(c1ccccc1)c1ccccc1. The van der Waals surface area contributed by atoms with Gasteiger partial charge >= 0.3 is 0 Å². The van der Waals surface area contributed by atoms with Crippen molar-refractivity contribution in [2.45, 2.75) is 31.7 Å². The maximum Gasteiger partial charge on any atom is 0.116 e. The van der Waals surface area contributed by atoms with E-state index in [9.17, 15) is 5.26 Å². The average Bonchev–Trinajstić information content (AvgIpc) is 2.95. The molecule has 1 atom stereocenters. The Morgan fingerprint density at radius 3 is 1.64 bits per heavy atom. The second-order valence-electron chi connectivity index (χ2n) is 8.97. The predicted molar refractivity (Wildman–Crippen MR) is 153 cm³/mol. The summed E-state index contributed by atoms with van der Waals surface area (Å²) in [7, 11) is 0. The molecule has 0 aliphatic heterocycles. The smallest absolute Gasteiger partial charge is 0.116 e. The monoisotopic (exact) mass is 534 g/mol. The minimum Gasteiger partial charge on any atom is -0.359 e. The third-order valence-electron chi connectivity index (χ3n) is 6.70. The van der Waals surface area contributed by atoms with Crippen molar-refractivity contribution in [2.75, 3.05) is 6.54 Å². The molecule has 0 aliphatic rings. The first-order chi connectivity index (χ1) is 17.6. The number of nitrogens with zero attached hydrogens (tertiary/aromatic N) is 2. The minimum absolute atomic E-state index is 0.136. The lowest BCUT2D eigenvalue weighted by atomic mass is 9.75. The number of benzene rings is 4. The third kappa shape index (κ3) is 5.15. The van der Waals surface area contributed by atoms with E-state index in [0.29, 0.717) is 5.56 Å². The van der Waals surface area contributed by atoms with Gasteiger partial charge < -0.3 is 4.90 Å². The molecule has 0 bridgehead atoms. The van der Waals surface area contributed by atoms with Crippen molar-refractivity contribution in [1.29, 1.82) is 5.26 Å². The first kappa shape index (κ1) is 25.5. The van der Waals surface area contributed by atoms with Gasteiger partial charge in [-0.25, -0.2) is 0 Å². The zero-order valence-corrected chi connectivity index (χ0v) is 22.4. The highest BCUT2D eigenvalue weighted by Gasteiger charge is 2.41. The normalized spacial score (nSPS) is 12.6. The highest BCUT2D eigenvalue weighted by Crippen LogP contribution is 2.44. The predicted octanol–water partition coefficient (Wildman–Crippen LogP) is 8.60. The lowest BCUT2D eigenvalue weighted by Crippen LogP contribution is -2.45. The van der Waals surface area contributed by atoms with Crippen LogP contribution < -0.4 is 0 Å². The lowest BCUT2D eigenvalue weighted by molar-refractivity contribution is 0.230. The molecule has 0 heterocycles. The van der Waals surface area contributed by atoms with Crippen LogP contribution in [0.1, 0.15) is 54.0 Å². The van der Waals surface area contributed by atoms with Crippen molar-refractivity contribution >= 4 is 15.9 Å². The molecule has 180 valence electrons. The zero-order valence-electron chi connectivity index (χ0n) is 20.8. The molecule has 3 heteroatoms. The lowest BCUT2D eigenvalue weighted by Gasteiger charge is -2.46. The summed E-state index contributed by atoms with van der Waals surface area (Å²) in [6.07, 6.45) is 3.27. The Morgan fingerprint density at radius 1 is 0.806 bits per heavy atom. The molecule has 36 heavy (non-hydrogen) atoms. The molecule has 4 aromatic rings. The Hall–Kier alpha value is -3.61. The molecule has 0 aliphatic carbocycles. The van der Waals surface area contributed by atoms with Crippen molar-refractivity contribution in [3.8, 4) is 6.07 Å². The van der Waals surface area contributed by atoms with E-state index < -0.39 is 5.54 Å². The van der Waals surface area contributed by atoms with Gasteiger partial charge in [0.2, 0.25) is 0 Å². The minimum atomic E-state index is -0.511. The zero-order chi connectivity index (χ0) is 25.4. The number of halogens is 1. The molecule has 0 spiro atoms. The van der Waals surface area contributed by atoms with E-state index in [4.69, 9.17) is 0 Å². The average molecular weight is 536 g/mol. The fraction of sp³-hybridized carbons (Fsp3) is 0.182. The van der Waals surface area contributed by atoms with Crippen molar-refractivity contribution in [2.24, 2.45) is 0 Å². The summed E-state index contributed by atoms with van der Waals surface area (Å²) in [4.78, 5) is 2.48. The van der Waals surface area contributed by atoms with E-state index in [-0.39, 0.29) is 5.92 Å². The van der Waals surface area contributed by atoms with Gasteiger partial charge in [-0.05, 0) is 40.8 Å². The molecule has 0 aromatic heterocycles. The summed E-state index contributed by atoms with van der Waals surface area (Å²) >= 11 is 3.95. The Bertz CT molecular complexity index is 1210. The summed E-state index contributed by atoms with van der Waals surface area (Å²) in [6, 6.07) is 42.4. The molecular weight excluding hydrogens is 504 g/mol. The van der Waals surface area contributed by atoms with Crippen LogP contribution in [0, 0.1) is 11.3 Å². The summed E-state index contributed by atoms with van der Waals surface area (Å²) < 4.78 is 1.09. The van der Waals surface area contributed by atoms with E-state index >= 15 is 0 Å². The van der Waals surface area contributed by atoms with Crippen LogP contribution in [0.2, 0.25) is 0 Å². The number of rotatable bonds is 9. The van der Waals surface area contributed by atoms with Gasteiger partial charge in [-0.15, -0.1) is 0 Å². The van der Waals surface area contributed by atoms with Crippen LogP contribution >= 0.6 is 15.9 Å².